The van der Waals surface area contributed by atoms with Crippen molar-refractivity contribution in [2.75, 3.05) is 19.6 Å². The maximum atomic E-state index is 14.6. The number of phenolic OH excluding ortho intramolecular Hbond substituents is 1. The average Bonchev–Trinajstić information content (AvgIpc) is 3.31. The molecule has 0 aromatic heterocycles. The van der Waals surface area contributed by atoms with Gasteiger partial charge < -0.3 is 20.2 Å². The van der Waals surface area contributed by atoms with Gasteiger partial charge in [-0.3, -0.25) is 14.6 Å². The summed E-state index contributed by atoms with van der Waals surface area (Å²) in [6, 6.07) is 17.6. The molecule has 5 rings (SSSR count). The fraction of sp³-hybridized carbons (Fsp3) is 0.258. The molecule has 2 N–H and O–H groups in total. The summed E-state index contributed by atoms with van der Waals surface area (Å²) >= 11 is 0. The van der Waals surface area contributed by atoms with Crippen molar-refractivity contribution in [1.82, 2.24) is 25.1 Å². The van der Waals surface area contributed by atoms with E-state index >= 15 is 0 Å². The van der Waals surface area contributed by atoms with Crippen LogP contribution in [0.2, 0.25) is 0 Å². The Bertz CT molecular complexity index is 1450. The number of fused-ring (bicyclic) bond motifs is 1. The number of piperazine rings is 1. The SMILES string of the molecule is C=CCN(C(=O)NCc1ccccc1)N1CC(=O)N2[C@@H](Cc3ccc(O)cc3)C(=O)N(Cc3c(F)cccc3F)C[C@@H]21. The van der Waals surface area contributed by atoms with Crippen LogP contribution < -0.4 is 5.32 Å². The number of urea groups is 1. The van der Waals surface area contributed by atoms with E-state index in [4.69, 9.17) is 0 Å². The lowest BCUT2D eigenvalue weighted by Crippen LogP contribution is -2.66. The van der Waals surface area contributed by atoms with E-state index in [1.807, 2.05) is 30.3 Å². The number of carbonyl (C=O) groups excluding carboxylic acids is 3. The second-order valence-electron chi connectivity index (χ2n) is 10.2. The highest BCUT2D eigenvalue weighted by molar-refractivity contribution is 5.91. The van der Waals surface area contributed by atoms with Crippen molar-refractivity contribution in [3.63, 3.8) is 0 Å². The molecule has 0 bridgehead atoms. The zero-order valence-electron chi connectivity index (χ0n) is 22.8. The Morgan fingerprint density at radius 3 is 2.36 bits per heavy atom. The number of hydrogen-bond donors (Lipinski definition) is 2. The van der Waals surface area contributed by atoms with E-state index in [0.29, 0.717) is 5.56 Å². The van der Waals surface area contributed by atoms with Crippen LogP contribution in [0.1, 0.15) is 16.7 Å². The largest absolute Gasteiger partial charge is 0.508 e. The first-order valence-corrected chi connectivity index (χ1v) is 13.5. The molecule has 3 aromatic carbocycles. The Labute approximate surface area is 242 Å². The topological polar surface area (TPSA) is 96.4 Å². The van der Waals surface area contributed by atoms with Gasteiger partial charge in [0.05, 0.1) is 26.2 Å². The normalized spacial score (nSPS) is 18.6. The van der Waals surface area contributed by atoms with Gasteiger partial charge in [-0.15, -0.1) is 6.58 Å². The molecular formula is C31H31F2N5O4. The summed E-state index contributed by atoms with van der Waals surface area (Å²) in [5.74, 6) is -2.35. The second kappa shape index (κ2) is 12.4. The van der Waals surface area contributed by atoms with Crippen molar-refractivity contribution >= 4 is 17.8 Å². The van der Waals surface area contributed by atoms with Gasteiger partial charge in [0.2, 0.25) is 11.8 Å². The number of phenols is 1. The van der Waals surface area contributed by atoms with Crippen molar-refractivity contribution in [3.8, 4) is 5.75 Å². The molecule has 2 aliphatic heterocycles. The smallest absolute Gasteiger partial charge is 0.332 e. The van der Waals surface area contributed by atoms with Crippen LogP contribution in [0.4, 0.5) is 13.6 Å². The molecule has 2 atom stereocenters. The molecule has 0 aliphatic carbocycles. The molecule has 2 fully saturated rings. The molecule has 11 heteroatoms. The number of halogens is 2. The second-order valence-corrected chi connectivity index (χ2v) is 10.2. The molecule has 0 spiro atoms. The molecular weight excluding hydrogens is 544 g/mol. The number of amides is 4. The van der Waals surface area contributed by atoms with E-state index in [0.717, 1.165) is 17.7 Å². The molecule has 3 aromatic rings. The molecule has 2 saturated heterocycles. The average molecular weight is 576 g/mol. The summed E-state index contributed by atoms with van der Waals surface area (Å²) in [5.41, 5.74) is 1.31. The lowest BCUT2D eigenvalue weighted by atomic mass is 9.99. The standard InChI is InChI=1S/C31H31F2N5O4/c1-2-15-36(31(42)34-17-22-7-4-3-5-8-22)37-20-29(40)38-27(16-21-11-13-23(39)14-12-21)30(41)35(19-28(37)38)18-24-25(32)9-6-10-26(24)33/h2-14,27-28,39H,1,15-20H2,(H,34,42)/t27-,28+/m0/s1. The number of rotatable bonds is 9. The highest BCUT2D eigenvalue weighted by Gasteiger charge is 2.52. The Morgan fingerprint density at radius 1 is 1.00 bits per heavy atom. The van der Waals surface area contributed by atoms with E-state index in [1.165, 1.54) is 39.1 Å². The highest BCUT2D eigenvalue weighted by atomic mass is 19.1. The first-order valence-electron chi connectivity index (χ1n) is 13.5. The molecule has 0 saturated carbocycles. The predicted octanol–water partition coefficient (Wildman–Crippen LogP) is 3.41. The predicted molar refractivity (Wildman–Crippen MR) is 150 cm³/mol. The third kappa shape index (κ3) is 5.96. The van der Waals surface area contributed by atoms with Crippen molar-refractivity contribution in [2.45, 2.75) is 31.7 Å². The van der Waals surface area contributed by atoms with Crippen LogP contribution in [-0.4, -0.2) is 74.6 Å². The van der Waals surface area contributed by atoms with Crippen molar-refractivity contribution in [1.29, 1.82) is 0 Å². The van der Waals surface area contributed by atoms with E-state index in [2.05, 4.69) is 11.9 Å². The van der Waals surface area contributed by atoms with Crippen LogP contribution in [0.3, 0.4) is 0 Å². The summed E-state index contributed by atoms with van der Waals surface area (Å²) in [5, 5.41) is 15.5. The van der Waals surface area contributed by atoms with Gasteiger partial charge in [0.15, 0.2) is 0 Å². The minimum atomic E-state index is -1.00. The van der Waals surface area contributed by atoms with Gasteiger partial charge in [0.25, 0.3) is 0 Å². The number of hydrazine groups is 1. The minimum Gasteiger partial charge on any atom is -0.508 e. The van der Waals surface area contributed by atoms with Gasteiger partial charge in [-0.05, 0) is 35.4 Å². The summed E-state index contributed by atoms with van der Waals surface area (Å²) in [6.45, 7) is 3.48. The summed E-state index contributed by atoms with van der Waals surface area (Å²) in [4.78, 5) is 43.5. The van der Waals surface area contributed by atoms with Crippen LogP contribution in [-0.2, 0) is 29.1 Å². The van der Waals surface area contributed by atoms with Gasteiger partial charge in [0, 0.05) is 18.5 Å². The monoisotopic (exact) mass is 575 g/mol. The lowest BCUT2D eigenvalue weighted by molar-refractivity contribution is -0.157. The highest BCUT2D eigenvalue weighted by Crippen LogP contribution is 2.31. The summed E-state index contributed by atoms with van der Waals surface area (Å²) < 4.78 is 29.3. The van der Waals surface area contributed by atoms with Crippen molar-refractivity contribution in [2.24, 2.45) is 0 Å². The number of aromatic hydroxyl groups is 1. The van der Waals surface area contributed by atoms with Gasteiger partial charge in [-0.2, -0.15) is 5.01 Å². The Balaban J connectivity index is 1.46. The molecule has 2 heterocycles. The molecule has 2 aliphatic rings. The maximum Gasteiger partial charge on any atom is 0.332 e. The number of hydrogen-bond acceptors (Lipinski definition) is 5. The molecule has 9 nitrogen and oxygen atoms in total. The van der Waals surface area contributed by atoms with E-state index in [1.54, 1.807) is 17.1 Å². The molecule has 218 valence electrons. The summed E-state index contributed by atoms with van der Waals surface area (Å²) in [7, 11) is 0. The van der Waals surface area contributed by atoms with Crippen LogP contribution in [0.5, 0.6) is 5.75 Å². The lowest BCUT2D eigenvalue weighted by Gasteiger charge is -2.46. The van der Waals surface area contributed by atoms with Gasteiger partial charge in [-0.1, -0.05) is 54.6 Å². The third-order valence-corrected chi connectivity index (χ3v) is 7.48. The van der Waals surface area contributed by atoms with Crippen LogP contribution in [0.25, 0.3) is 0 Å². The number of benzene rings is 3. The molecule has 0 radical (unpaired) electrons. The van der Waals surface area contributed by atoms with Crippen LogP contribution >= 0.6 is 0 Å². The molecule has 0 unspecified atom stereocenters. The Morgan fingerprint density at radius 2 is 1.69 bits per heavy atom. The number of nitrogens with one attached hydrogen (secondary N) is 1. The molecule has 4 amide bonds. The van der Waals surface area contributed by atoms with Crippen LogP contribution in [0.15, 0.2) is 85.5 Å². The van der Waals surface area contributed by atoms with E-state index in [9.17, 15) is 28.3 Å². The third-order valence-electron chi connectivity index (χ3n) is 7.48. The fourth-order valence-electron chi connectivity index (χ4n) is 5.41. The minimum absolute atomic E-state index is 0.0493. The molecule has 42 heavy (non-hydrogen) atoms. The summed E-state index contributed by atoms with van der Waals surface area (Å²) in [6.07, 6.45) is 0.853. The zero-order chi connectivity index (χ0) is 29.8. The van der Waals surface area contributed by atoms with Crippen LogP contribution in [0, 0.1) is 11.6 Å². The van der Waals surface area contributed by atoms with Crippen molar-refractivity contribution < 1.29 is 28.3 Å². The van der Waals surface area contributed by atoms with E-state index in [-0.39, 0.29) is 56.4 Å². The fourth-order valence-corrected chi connectivity index (χ4v) is 5.41. The quantitative estimate of drug-likeness (QED) is 0.382. The van der Waals surface area contributed by atoms with Gasteiger partial charge in [0.1, 0.15) is 29.6 Å². The maximum absolute atomic E-state index is 14.6. The van der Waals surface area contributed by atoms with Gasteiger partial charge in [-0.25, -0.2) is 13.6 Å². The van der Waals surface area contributed by atoms with Gasteiger partial charge >= 0.3 is 6.03 Å². The first kappa shape index (κ1) is 28.7. The Hall–Kier alpha value is -4.77. The Kier molecular flexibility index (Phi) is 8.48. The first-order chi connectivity index (χ1) is 20.3. The zero-order valence-corrected chi connectivity index (χ0v) is 22.8. The van der Waals surface area contributed by atoms with Crippen molar-refractivity contribution in [3.05, 3.63) is 114 Å². The number of carbonyl (C=O) groups is 3. The number of nitrogens with zero attached hydrogens (tertiary/aromatic N) is 4. The van der Waals surface area contributed by atoms with E-state index < -0.39 is 35.8 Å².